The minimum absolute atomic E-state index is 0.0918. The van der Waals surface area contributed by atoms with Gasteiger partial charge in [0.2, 0.25) is 0 Å². The minimum Gasteiger partial charge on any atom is -0.376 e. The molecule has 0 fully saturated rings. The third kappa shape index (κ3) is 3.05. The average Bonchev–Trinajstić information content (AvgIpc) is 2.43. The van der Waals surface area contributed by atoms with E-state index in [1.165, 1.54) is 6.07 Å². The molecule has 1 N–H and O–H groups in total. The van der Waals surface area contributed by atoms with E-state index in [1.807, 2.05) is 12.1 Å². The molecular formula is C17H19F3O. The Hall–Kier alpha value is -1.55. The first-order valence-electron chi connectivity index (χ1n) is 7.08. The molecule has 0 aromatic heterocycles. The Morgan fingerprint density at radius 3 is 2.43 bits per heavy atom. The van der Waals surface area contributed by atoms with Crippen LogP contribution in [0.15, 0.2) is 36.4 Å². The number of aryl methyl sites for hydroxylation is 1. The van der Waals surface area contributed by atoms with Crippen LogP contribution >= 0.6 is 0 Å². The first-order chi connectivity index (χ1) is 9.77. The molecule has 2 aromatic carbocycles. The predicted molar refractivity (Wildman–Crippen MR) is 78.2 cm³/mol. The van der Waals surface area contributed by atoms with Crippen molar-refractivity contribution in [3.8, 4) is 0 Å². The lowest BCUT2D eigenvalue weighted by Gasteiger charge is -2.28. The van der Waals surface area contributed by atoms with Gasteiger partial charge in [-0.1, -0.05) is 49.7 Å². The molecule has 1 unspecified atom stereocenters. The Labute approximate surface area is 122 Å². The maximum absolute atomic E-state index is 13.1. The summed E-state index contributed by atoms with van der Waals surface area (Å²) in [7, 11) is 0. The van der Waals surface area contributed by atoms with Crippen LogP contribution in [0.3, 0.4) is 0 Å². The molecule has 0 aliphatic rings. The third-order valence-corrected chi connectivity index (χ3v) is 3.84. The standard InChI is InChI=1S/C17H19F3O/c1-3-4-6-12-9-10-13-7-5-8-15(14(13)11-12)16(2,21)17(18,19)20/h5,7-11,21H,3-4,6H2,1-2H3. The van der Waals surface area contributed by atoms with Crippen LogP contribution in [0.5, 0.6) is 0 Å². The molecule has 0 radical (unpaired) electrons. The topological polar surface area (TPSA) is 20.2 Å². The van der Waals surface area contributed by atoms with Gasteiger partial charge in [0.1, 0.15) is 0 Å². The van der Waals surface area contributed by atoms with Gasteiger partial charge in [-0.05, 0) is 36.1 Å². The smallest absolute Gasteiger partial charge is 0.376 e. The fourth-order valence-electron chi connectivity index (χ4n) is 2.43. The number of alkyl halides is 3. The number of aliphatic hydroxyl groups is 1. The van der Waals surface area contributed by atoms with Crippen molar-refractivity contribution in [1.82, 2.24) is 0 Å². The second-order valence-electron chi connectivity index (χ2n) is 5.53. The van der Waals surface area contributed by atoms with Gasteiger partial charge in [-0.2, -0.15) is 13.2 Å². The van der Waals surface area contributed by atoms with E-state index in [9.17, 15) is 18.3 Å². The Kier molecular flexibility index (Phi) is 4.28. The number of unbranched alkanes of at least 4 members (excludes halogenated alkanes) is 1. The van der Waals surface area contributed by atoms with Crippen molar-refractivity contribution in [2.45, 2.75) is 44.9 Å². The van der Waals surface area contributed by atoms with Gasteiger partial charge in [0.05, 0.1) is 0 Å². The number of fused-ring (bicyclic) bond motifs is 1. The molecule has 0 bridgehead atoms. The molecule has 1 nitrogen and oxygen atoms in total. The van der Waals surface area contributed by atoms with Gasteiger partial charge in [0.25, 0.3) is 0 Å². The monoisotopic (exact) mass is 296 g/mol. The van der Waals surface area contributed by atoms with Gasteiger partial charge in [0, 0.05) is 5.56 Å². The second kappa shape index (κ2) is 5.68. The normalized spacial score (nSPS) is 15.1. The molecule has 21 heavy (non-hydrogen) atoms. The quantitative estimate of drug-likeness (QED) is 0.846. The van der Waals surface area contributed by atoms with Crippen LogP contribution in [0, 0.1) is 0 Å². The van der Waals surface area contributed by atoms with E-state index in [4.69, 9.17) is 0 Å². The van der Waals surface area contributed by atoms with Gasteiger partial charge in [-0.25, -0.2) is 0 Å². The van der Waals surface area contributed by atoms with Crippen molar-refractivity contribution in [3.63, 3.8) is 0 Å². The highest BCUT2D eigenvalue weighted by Gasteiger charge is 2.51. The summed E-state index contributed by atoms with van der Waals surface area (Å²) in [6.45, 7) is 2.88. The van der Waals surface area contributed by atoms with Crippen molar-refractivity contribution >= 4 is 10.8 Å². The van der Waals surface area contributed by atoms with Crippen molar-refractivity contribution in [3.05, 3.63) is 47.5 Å². The van der Waals surface area contributed by atoms with Crippen LogP contribution < -0.4 is 0 Å². The molecule has 0 saturated carbocycles. The Morgan fingerprint density at radius 2 is 1.81 bits per heavy atom. The van der Waals surface area contributed by atoms with E-state index in [-0.39, 0.29) is 5.56 Å². The number of hydrogen-bond donors (Lipinski definition) is 1. The highest BCUT2D eigenvalue weighted by Crippen LogP contribution is 2.41. The Bertz CT molecular complexity index is 629. The summed E-state index contributed by atoms with van der Waals surface area (Å²) in [5, 5.41) is 11.1. The molecule has 0 aliphatic heterocycles. The molecule has 2 aromatic rings. The Balaban J connectivity index is 2.58. The second-order valence-corrected chi connectivity index (χ2v) is 5.53. The zero-order valence-electron chi connectivity index (χ0n) is 12.2. The van der Waals surface area contributed by atoms with Crippen LogP contribution in [0.25, 0.3) is 10.8 Å². The SMILES string of the molecule is CCCCc1ccc2cccc(C(C)(O)C(F)(F)F)c2c1. The summed E-state index contributed by atoms with van der Waals surface area (Å²) >= 11 is 0. The van der Waals surface area contributed by atoms with Crippen molar-refractivity contribution < 1.29 is 18.3 Å². The zero-order valence-corrected chi connectivity index (χ0v) is 12.2. The van der Waals surface area contributed by atoms with Crippen LogP contribution in [0.1, 0.15) is 37.8 Å². The predicted octanol–water partition coefficient (Wildman–Crippen LogP) is 4.95. The van der Waals surface area contributed by atoms with Gasteiger partial charge in [-0.3, -0.25) is 0 Å². The van der Waals surface area contributed by atoms with Gasteiger partial charge < -0.3 is 5.11 Å². The van der Waals surface area contributed by atoms with Crippen LogP contribution in [-0.4, -0.2) is 11.3 Å². The van der Waals surface area contributed by atoms with Crippen molar-refractivity contribution in [1.29, 1.82) is 0 Å². The lowest BCUT2D eigenvalue weighted by atomic mass is 9.89. The molecule has 114 valence electrons. The molecule has 0 amide bonds. The minimum atomic E-state index is -4.71. The molecule has 0 heterocycles. The molecular weight excluding hydrogens is 277 g/mol. The van der Waals surface area contributed by atoms with Crippen LogP contribution in [0.4, 0.5) is 13.2 Å². The van der Waals surface area contributed by atoms with E-state index in [1.54, 1.807) is 18.2 Å². The van der Waals surface area contributed by atoms with Crippen LogP contribution in [0.2, 0.25) is 0 Å². The van der Waals surface area contributed by atoms with E-state index in [0.717, 1.165) is 31.7 Å². The average molecular weight is 296 g/mol. The van der Waals surface area contributed by atoms with E-state index < -0.39 is 11.8 Å². The first kappa shape index (κ1) is 15.8. The van der Waals surface area contributed by atoms with Crippen molar-refractivity contribution in [2.24, 2.45) is 0 Å². The largest absolute Gasteiger partial charge is 0.421 e. The summed E-state index contributed by atoms with van der Waals surface area (Å²) in [6, 6.07) is 10.2. The van der Waals surface area contributed by atoms with E-state index in [2.05, 4.69) is 6.92 Å². The summed E-state index contributed by atoms with van der Waals surface area (Å²) < 4.78 is 39.3. The van der Waals surface area contributed by atoms with E-state index in [0.29, 0.717) is 10.8 Å². The Morgan fingerprint density at radius 1 is 1.10 bits per heavy atom. The maximum Gasteiger partial charge on any atom is 0.421 e. The molecule has 0 aliphatic carbocycles. The van der Waals surface area contributed by atoms with Crippen LogP contribution in [-0.2, 0) is 12.0 Å². The van der Waals surface area contributed by atoms with Gasteiger partial charge in [0.15, 0.2) is 5.60 Å². The van der Waals surface area contributed by atoms with Gasteiger partial charge in [-0.15, -0.1) is 0 Å². The van der Waals surface area contributed by atoms with Gasteiger partial charge >= 0.3 is 6.18 Å². The summed E-state index contributed by atoms with van der Waals surface area (Å²) in [4.78, 5) is 0. The van der Waals surface area contributed by atoms with Crippen molar-refractivity contribution in [2.75, 3.05) is 0 Å². The molecule has 1 atom stereocenters. The molecule has 0 saturated heterocycles. The fourth-order valence-corrected chi connectivity index (χ4v) is 2.43. The number of rotatable bonds is 4. The number of benzene rings is 2. The first-order valence-corrected chi connectivity index (χ1v) is 7.08. The zero-order chi connectivity index (χ0) is 15.7. The lowest BCUT2D eigenvalue weighted by Crippen LogP contribution is -2.39. The number of halogens is 3. The highest BCUT2D eigenvalue weighted by molar-refractivity contribution is 5.87. The molecule has 0 spiro atoms. The summed E-state index contributed by atoms with van der Waals surface area (Å²) in [6.07, 6.45) is -1.86. The molecule has 4 heteroatoms. The summed E-state index contributed by atoms with van der Waals surface area (Å²) in [5.74, 6) is 0. The van der Waals surface area contributed by atoms with E-state index >= 15 is 0 Å². The fraction of sp³-hybridized carbons (Fsp3) is 0.412. The lowest BCUT2D eigenvalue weighted by molar-refractivity contribution is -0.258. The third-order valence-electron chi connectivity index (χ3n) is 3.84. The maximum atomic E-state index is 13.1. The number of hydrogen-bond acceptors (Lipinski definition) is 1. The summed E-state index contributed by atoms with van der Waals surface area (Å²) in [5.41, 5.74) is -1.95. The molecule has 2 rings (SSSR count). The highest BCUT2D eigenvalue weighted by atomic mass is 19.4.